The van der Waals surface area contributed by atoms with E-state index in [4.69, 9.17) is 4.74 Å². The fourth-order valence-electron chi connectivity index (χ4n) is 2.36. The van der Waals surface area contributed by atoms with Gasteiger partial charge in [-0.1, -0.05) is 11.6 Å². The van der Waals surface area contributed by atoms with E-state index in [2.05, 4.69) is 0 Å². The van der Waals surface area contributed by atoms with Gasteiger partial charge in [-0.05, 0) is 49.3 Å². The summed E-state index contributed by atoms with van der Waals surface area (Å²) in [5, 5.41) is 0. The Bertz CT molecular complexity index is 423. The number of aryl methyl sites for hydroxylation is 1. The lowest BCUT2D eigenvalue weighted by molar-refractivity contribution is 0.0955. The third-order valence-electron chi connectivity index (χ3n) is 3.47. The largest absolute Gasteiger partial charge is 0.496 e. The maximum Gasteiger partial charge on any atom is 0.166 e. The number of hydrogen-bond donors (Lipinski definition) is 0. The molecule has 1 aliphatic rings. The van der Waals surface area contributed by atoms with E-state index >= 15 is 0 Å². The van der Waals surface area contributed by atoms with E-state index in [-0.39, 0.29) is 5.78 Å². The second kappa shape index (κ2) is 6.28. The molecular formula is C15H20O2S. The van der Waals surface area contributed by atoms with Crippen LogP contribution in [0.2, 0.25) is 0 Å². The van der Waals surface area contributed by atoms with Crippen molar-refractivity contribution >= 4 is 17.5 Å². The number of methoxy groups -OCH3 is 1. The SMILES string of the molecule is COc1ccc(C)cc1C(=O)CC1CCSCC1. The van der Waals surface area contributed by atoms with Crippen molar-refractivity contribution < 1.29 is 9.53 Å². The van der Waals surface area contributed by atoms with Crippen molar-refractivity contribution in [2.45, 2.75) is 26.2 Å². The molecule has 1 fully saturated rings. The number of carbonyl (C=O) groups excluding carboxylic acids is 1. The molecule has 1 aromatic rings. The van der Waals surface area contributed by atoms with Gasteiger partial charge in [-0.2, -0.15) is 11.8 Å². The first-order chi connectivity index (χ1) is 8.70. The van der Waals surface area contributed by atoms with Crippen LogP contribution in [0.3, 0.4) is 0 Å². The number of hydrogen-bond acceptors (Lipinski definition) is 3. The molecule has 1 aliphatic heterocycles. The van der Waals surface area contributed by atoms with Gasteiger partial charge in [0, 0.05) is 6.42 Å². The van der Waals surface area contributed by atoms with E-state index < -0.39 is 0 Å². The number of benzene rings is 1. The number of carbonyl (C=O) groups is 1. The van der Waals surface area contributed by atoms with Crippen molar-refractivity contribution in [1.29, 1.82) is 0 Å². The van der Waals surface area contributed by atoms with Crippen LogP contribution in [0.5, 0.6) is 5.75 Å². The van der Waals surface area contributed by atoms with E-state index in [1.165, 1.54) is 24.3 Å². The molecular weight excluding hydrogens is 244 g/mol. The molecule has 0 saturated carbocycles. The van der Waals surface area contributed by atoms with E-state index in [9.17, 15) is 4.79 Å². The first kappa shape index (κ1) is 13.5. The zero-order chi connectivity index (χ0) is 13.0. The van der Waals surface area contributed by atoms with Gasteiger partial charge in [0.05, 0.1) is 12.7 Å². The van der Waals surface area contributed by atoms with Gasteiger partial charge in [-0.15, -0.1) is 0 Å². The topological polar surface area (TPSA) is 26.3 Å². The molecule has 0 amide bonds. The first-order valence-corrected chi connectivity index (χ1v) is 7.61. The zero-order valence-corrected chi connectivity index (χ0v) is 11.9. The first-order valence-electron chi connectivity index (χ1n) is 6.46. The molecule has 0 bridgehead atoms. The molecule has 0 atom stereocenters. The Kier molecular flexibility index (Phi) is 4.70. The minimum Gasteiger partial charge on any atom is -0.496 e. The van der Waals surface area contributed by atoms with Gasteiger partial charge >= 0.3 is 0 Å². The van der Waals surface area contributed by atoms with Crippen molar-refractivity contribution in [3.8, 4) is 5.75 Å². The molecule has 0 N–H and O–H groups in total. The Hall–Kier alpha value is -0.960. The molecule has 0 unspecified atom stereocenters. The van der Waals surface area contributed by atoms with Crippen molar-refractivity contribution in [2.24, 2.45) is 5.92 Å². The Morgan fingerprint density at radius 1 is 1.39 bits per heavy atom. The summed E-state index contributed by atoms with van der Waals surface area (Å²) in [5.41, 5.74) is 1.86. The Balaban J connectivity index is 2.09. The van der Waals surface area contributed by atoms with Crippen molar-refractivity contribution in [3.05, 3.63) is 29.3 Å². The number of Topliss-reactive ketones (excluding diaryl/α,β-unsaturated/α-hetero) is 1. The van der Waals surface area contributed by atoms with Gasteiger partial charge in [0.25, 0.3) is 0 Å². The number of ether oxygens (including phenoxy) is 1. The third-order valence-corrected chi connectivity index (χ3v) is 4.52. The van der Waals surface area contributed by atoms with Crippen molar-refractivity contribution in [3.63, 3.8) is 0 Å². The van der Waals surface area contributed by atoms with Gasteiger partial charge in [0.2, 0.25) is 0 Å². The highest BCUT2D eigenvalue weighted by Gasteiger charge is 2.20. The molecule has 0 aliphatic carbocycles. The zero-order valence-electron chi connectivity index (χ0n) is 11.1. The quantitative estimate of drug-likeness (QED) is 0.775. The highest BCUT2D eigenvalue weighted by molar-refractivity contribution is 7.99. The van der Waals surface area contributed by atoms with Gasteiger partial charge in [-0.3, -0.25) is 4.79 Å². The molecule has 1 heterocycles. The van der Waals surface area contributed by atoms with Crippen LogP contribution in [0, 0.1) is 12.8 Å². The summed E-state index contributed by atoms with van der Waals surface area (Å²) in [4.78, 5) is 12.4. The minimum absolute atomic E-state index is 0.229. The third kappa shape index (κ3) is 3.29. The molecule has 2 nitrogen and oxygen atoms in total. The molecule has 3 heteroatoms. The summed E-state index contributed by atoms with van der Waals surface area (Å²) in [6.45, 7) is 2.01. The molecule has 1 saturated heterocycles. The normalized spacial score (nSPS) is 16.6. The summed E-state index contributed by atoms with van der Waals surface area (Å²) in [5.74, 6) is 3.89. The average molecular weight is 264 g/mol. The second-order valence-electron chi connectivity index (χ2n) is 4.89. The molecule has 0 spiro atoms. The lowest BCUT2D eigenvalue weighted by Crippen LogP contribution is -2.15. The molecule has 18 heavy (non-hydrogen) atoms. The van der Waals surface area contributed by atoms with Crippen LogP contribution in [-0.2, 0) is 0 Å². The maximum absolute atomic E-state index is 12.4. The summed E-state index contributed by atoms with van der Waals surface area (Å²) in [6, 6.07) is 5.81. The summed E-state index contributed by atoms with van der Waals surface area (Å²) < 4.78 is 5.29. The molecule has 0 aromatic heterocycles. The predicted molar refractivity (Wildman–Crippen MR) is 76.7 cm³/mol. The van der Waals surface area contributed by atoms with E-state index in [0.717, 1.165) is 11.1 Å². The van der Waals surface area contributed by atoms with Crippen LogP contribution >= 0.6 is 11.8 Å². The smallest absolute Gasteiger partial charge is 0.166 e. The van der Waals surface area contributed by atoms with E-state index in [1.54, 1.807) is 7.11 Å². The highest BCUT2D eigenvalue weighted by Crippen LogP contribution is 2.29. The summed E-state index contributed by atoms with van der Waals surface area (Å²) >= 11 is 2.00. The van der Waals surface area contributed by atoms with Crippen LogP contribution in [0.25, 0.3) is 0 Å². The Morgan fingerprint density at radius 3 is 2.78 bits per heavy atom. The summed E-state index contributed by atoms with van der Waals surface area (Å²) in [6.07, 6.45) is 3.01. The fourth-order valence-corrected chi connectivity index (χ4v) is 3.57. The van der Waals surface area contributed by atoms with Crippen LogP contribution in [0.15, 0.2) is 18.2 Å². The Labute approximate surface area is 113 Å². The number of ketones is 1. The van der Waals surface area contributed by atoms with Crippen LogP contribution in [0.4, 0.5) is 0 Å². The second-order valence-corrected chi connectivity index (χ2v) is 6.11. The standard InChI is InChI=1S/C15H20O2S/c1-11-3-4-15(17-2)13(9-11)14(16)10-12-5-7-18-8-6-12/h3-4,9,12H,5-8,10H2,1-2H3. The van der Waals surface area contributed by atoms with Gasteiger partial charge in [0.1, 0.15) is 5.75 Å². The highest BCUT2D eigenvalue weighted by atomic mass is 32.2. The molecule has 98 valence electrons. The summed E-state index contributed by atoms with van der Waals surface area (Å²) in [7, 11) is 1.62. The monoisotopic (exact) mass is 264 g/mol. The van der Waals surface area contributed by atoms with Crippen molar-refractivity contribution in [2.75, 3.05) is 18.6 Å². The minimum atomic E-state index is 0.229. The van der Waals surface area contributed by atoms with Gasteiger partial charge in [-0.25, -0.2) is 0 Å². The van der Waals surface area contributed by atoms with Crippen molar-refractivity contribution in [1.82, 2.24) is 0 Å². The fraction of sp³-hybridized carbons (Fsp3) is 0.533. The Morgan fingerprint density at radius 2 is 2.11 bits per heavy atom. The van der Waals surface area contributed by atoms with E-state index in [1.807, 2.05) is 36.9 Å². The average Bonchev–Trinajstić information content (AvgIpc) is 2.40. The van der Waals surface area contributed by atoms with Gasteiger partial charge in [0.15, 0.2) is 5.78 Å². The molecule has 2 rings (SSSR count). The number of rotatable bonds is 4. The van der Waals surface area contributed by atoms with Crippen LogP contribution in [0.1, 0.15) is 35.2 Å². The molecule has 0 radical (unpaired) electrons. The van der Waals surface area contributed by atoms with Gasteiger partial charge < -0.3 is 4.74 Å². The van der Waals surface area contributed by atoms with E-state index in [0.29, 0.717) is 18.1 Å². The lowest BCUT2D eigenvalue weighted by Gasteiger charge is -2.20. The van der Waals surface area contributed by atoms with Crippen LogP contribution in [-0.4, -0.2) is 24.4 Å². The molecule has 1 aromatic carbocycles. The lowest BCUT2D eigenvalue weighted by atomic mass is 9.92. The predicted octanol–water partition coefficient (Wildman–Crippen LogP) is 3.72. The van der Waals surface area contributed by atoms with Crippen LogP contribution < -0.4 is 4.74 Å². The maximum atomic E-state index is 12.4. The number of thioether (sulfide) groups is 1.